The Kier molecular flexibility index (Phi) is 7.33. The van der Waals surface area contributed by atoms with Crippen LogP contribution in [0.3, 0.4) is 0 Å². The Labute approximate surface area is 116 Å². The monoisotopic (exact) mass is 269 g/mol. The predicted octanol–water partition coefficient (Wildman–Crippen LogP) is 4.12. The van der Waals surface area contributed by atoms with Crippen LogP contribution >= 0.6 is 11.6 Å². The number of nitrogens with one attached hydrogen (secondary N) is 1. The van der Waals surface area contributed by atoms with Crippen molar-refractivity contribution in [2.75, 3.05) is 19.8 Å². The standard InChI is InChI=1S/C15H24ClNO/c1-4-8-17-15(11-18-9-5-2)13-7-6-12(3)14(16)10-13/h6-7,10,15,17H,4-5,8-9,11H2,1-3H3. The molecule has 1 atom stereocenters. The van der Waals surface area contributed by atoms with Crippen molar-refractivity contribution < 1.29 is 4.74 Å². The number of aryl methyl sites for hydroxylation is 1. The van der Waals surface area contributed by atoms with Gasteiger partial charge in [-0.2, -0.15) is 0 Å². The fourth-order valence-electron chi connectivity index (χ4n) is 1.76. The van der Waals surface area contributed by atoms with Crippen molar-refractivity contribution in [3.8, 4) is 0 Å². The van der Waals surface area contributed by atoms with Gasteiger partial charge in [0.1, 0.15) is 0 Å². The molecule has 0 bridgehead atoms. The minimum atomic E-state index is 0.231. The minimum absolute atomic E-state index is 0.231. The molecule has 1 aromatic rings. The molecule has 0 saturated heterocycles. The summed E-state index contributed by atoms with van der Waals surface area (Å²) in [5.74, 6) is 0. The number of halogens is 1. The lowest BCUT2D eigenvalue weighted by Crippen LogP contribution is -2.26. The fraction of sp³-hybridized carbons (Fsp3) is 0.600. The molecule has 0 aliphatic rings. The maximum Gasteiger partial charge on any atom is 0.0661 e. The van der Waals surface area contributed by atoms with E-state index in [-0.39, 0.29) is 6.04 Å². The Balaban J connectivity index is 2.70. The smallest absolute Gasteiger partial charge is 0.0661 e. The molecule has 1 rings (SSSR count). The van der Waals surface area contributed by atoms with Gasteiger partial charge in [0.05, 0.1) is 12.6 Å². The molecule has 1 aromatic carbocycles. The van der Waals surface area contributed by atoms with Crippen LogP contribution in [0.4, 0.5) is 0 Å². The van der Waals surface area contributed by atoms with Crippen LogP contribution in [0, 0.1) is 6.92 Å². The van der Waals surface area contributed by atoms with Gasteiger partial charge in [0, 0.05) is 11.6 Å². The van der Waals surface area contributed by atoms with Crippen LogP contribution in [0.15, 0.2) is 18.2 Å². The quantitative estimate of drug-likeness (QED) is 0.717. The second kappa shape index (κ2) is 8.52. The van der Waals surface area contributed by atoms with Crippen LogP contribution in [0.2, 0.25) is 5.02 Å². The summed E-state index contributed by atoms with van der Waals surface area (Å²) in [4.78, 5) is 0. The van der Waals surface area contributed by atoms with E-state index in [1.165, 1.54) is 5.56 Å². The third kappa shape index (κ3) is 4.97. The van der Waals surface area contributed by atoms with E-state index in [4.69, 9.17) is 16.3 Å². The number of hydrogen-bond donors (Lipinski definition) is 1. The van der Waals surface area contributed by atoms with Crippen molar-refractivity contribution in [2.24, 2.45) is 0 Å². The number of rotatable bonds is 8. The molecule has 0 heterocycles. The molecule has 0 aromatic heterocycles. The largest absolute Gasteiger partial charge is 0.379 e. The molecule has 0 radical (unpaired) electrons. The highest BCUT2D eigenvalue weighted by Gasteiger charge is 2.11. The van der Waals surface area contributed by atoms with E-state index in [0.29, 0.717) is 6.61 Å². The Morgan fingerprint density at radius 1 is 1.28 bits per heavy atom. The van der Waals surface area contributed by atoms with Gasteiger partial charge < -0.3 is 10.1 Å². The Hall–Kier alpha value is -0.570. The van der Waals surface area contributed by atoms with Gasteiger partial charge in [0.2, 0.25) is 0 Å². The summed E-state index contributed by atoms with van der Waals surface area (Å²) in [5.41, 5.74) is 2.32. The van der Waals surface area contributed by atoms with E-state index in [1.807, 2.05) is 13.0 Å². The first-order chi connectivity index (χ1) is 8.69. The molecule has 1 unspecified atom stereocenters. The van der Waals surface area contributed by atoms with Crippen molar-refractivity contribution in [3.05, 3.63) is 34.3 Å². The summed E-state index contributed by atoms with van der Waals surface area (Å²) in [6, 6.07) is 6.47. The summed E-state index contributed by atoms with van der Waals surface area (Å²) in [5, 5.41) is 4.33. The van der Waals surface area contributed by atoms with E-state index < -0.39 is 0 Å². The van der Waals surface area contributed by atoms with Crippen molar-refractivity contribution in [1.29, 1.82) is 0 Å². The molecule has 3 heteroatoms. The predicted molar refractivity (Wildman–Crippen MR) is 78.3 cm³/mol. The summed E-state index contributed by atoms with van der Waals surface area (Å²) < 4.78 is 5.66. The molecule has 0 amide bonds. The first kappa shape index (κ1) is 15.5. The molecular formula is C15H24ClNO. The van der Waals surface area contributed by atoms with Crippen molar-refractivity contribution in [1.82, 2.24) is 5.32 Å². The summed E-state index contributed by atoms with van der Waals surface area (Å²) >= 11 is 6.18. The first-order valence-corrected chi connectivity index (χ1v) is 7.14. The molecule has 0 aliphatic carbocycles. The van der Waals surface area contributed by atoms with Crippen molar-refractivity contribution in [2.45, 2.75) is 39.7 Å². The molecule has 0 spiro atoms. The van der Waals surface area contributed by atoms with E-state index in [0.717, 1.165) is 36.6 Å². The van der Waals surface area contributed by atoms with Crippen LogP contribution in [0.5, 0.6) is 0 Å². The normalized spacial score (nSPS) is 12.7. The zero-order valence-corrected chi connectivity index (χ0v) is 12.4. The highest BCUT2D eigenvalue weighted by atomic mass is 35.5. The van der Waals surface area contributed by atoms with Crippen LogP contribution in [0.1, 0.15) is 43.9 Å². The van der Waals surface area contributed by atoms with Gasteiger partial charge in [0.15, 0.2) is 0 Å². The van der Waals surface area contributed by atoms with E-state index in [2.05, 4.69) is 31.3 Å². The highest BCUT2D eigenvalue weighted by Crippen LogP contribution is 2.21. The zero-order chi connectivity index (χ0) is 13.4. The molecular weight excluding hydrogens is 246 g/mol. The van der Waals surface area contributed by atoms with Crippen LogP contribution in [0.25, 0.3) is 0 Å². The van der Waals surface area contributed by atoms with Crippen molar-refractivity contribution in [3.63, 3.8) is 0 Å². The Morgan fingerprint density at radius 2 is 2.06 bits per heavy atom. The molecule has 0 fully saturated rings. The lowest BCUT2D eigenvalue weighted by Gasteiger charge is -2.19. The lowest BCUT2D eigenvalue weighted by molar-refractivity contribution is 0.112. The molecule has 18 heavy (non-hydrogen) atoms. The molecule has 1 N–H and O–H groups in total. The average molecular weight is 270 g/mol. The van der Waals surface area contributed by atoms with E-state index in [9.17, 15) is 0 Å². The average Bonchev–Trinajstić information content (AvgIpc) is 2.37. The maximum atomic E-state index is 6.18. The van der Waals surface area contributed by atoms with Crippen molar-refractivity contribution >= 4 is 11.6 Å². The zero-order valence-electron chi connectivity index (χ0n) is 11.6. The van der Waals surface area contributed by atoms with Gasteiger partial charge in [-0.25, -0.2) is 0 Å². The highest BCUT2D eigenvalue weighted by molar-refractivity contribution is 6.31. The second-order valence-corrected chi connectivity index (χ2v) is 5.00. The summed E-state index contributed by atoms with van der Waals surface area (Å²) in [6.45, 7) is 8.81. The van der Waals surface area contributed by atoms with Gasteiger partial charge in [-0.15, -0.1) is 0 Å². The Morgan fingerprint density at radius 3 is 2.67 bits per heavy atom. The molecule has 0 aliphatic heterocycles. The third-order valence-electron chi connectivity index (χ3n) is 2.87. The van der Waals surface area contributed by atoms with Crippen LogP contribution < -0.4 is 5.32 Å². The van der Waals surface area contributed by atoms with Gasteiger partial charge in [-0.1, -0.05) is 37.6 Å². The first-order valence-electron chi connectivity index (χ1n) is 6.76. The molecule has 102 valence electrons. The number of ether oxygens (including phenoxy) is 1. The lowest BCUT2D eigenvalue weighted by atomic mass is 10.1. The summed E-state index contributed by atoms with van der Waals surface area (Å²) in [6.07, 6.45) is 2.17. The van der Waals surface area contributed by atoms with Gasteiger partial charge in [-0.3, -0.25) is 0 Å². The Bertz CT molecular complexity index is 354. The minimum Gasteiger partial charge on any atom is -0.379 e. The number of hydrogen-bond acceptors (Lipinski definition) is 2. The second-order valence-electron chi connectivity index (χ2n) is 4.59. The van der Waals surface area contributed by atoms with Gasteiger partial charge in [0.25, 0.3) is 0 Å². The van der Waals surface area contributed by atoms with E-state index in [1.54, 1.807) is 0 Å². The summed E-state index contributed by atoms with van der Waals surface area (Å²) in [7, 11) is 0. The van der Waals surface area contributed by atoms with Gasteiger partial charge in [-0.05, 0) is 43.5 Å². The fourth-order valence-corrected chi connectivity index (χ4v) is 1.95. The maximum absolute atomic E-state index is 6.18. The van der Waals surface area contributed by atoms with Crippen LogP contribution in [-0.4, -0.2) is 19.8 Å². The van der Waals surface area contributed by atoms with E-state index >= 15 is 0 Å². The topological polar surface area (TPSA) is 21.3 Å². The number of benzene rings is 1. The molecule has 2 nitrogen and oxygen atoms in total. The van der Waals surface area contributed by atoms with Crippen LogP contribution in [-0.2, 0) is 4.74 Å². The SMILES string of the molecule is CCCNC(COCCC)c1ccc(C)c(Cl)c1. The third-order valence-corrected chi connectivity index (χ3v) is 3.28. The van der Waals surface area contributed by atoms with Gasteiger partial charge >= 0.3 is 0 Å². The molecule has 0 saturated carbocycles.